The average molecular weight is 639 g/mol. The molecule has 0 spiro atoms. The molecule has 258 valence electrons. The van der Waals surface area contributed by atoms with E-state index in [1.165, 1.54) is 109 Å². The van der Waals surface area contributed by atoms with Crippen molar-refractivity contribution in [2.45, 2.75) is 174 Å². The third kappa shape index (κ3) is 31.2. The molecule has 1 unspecified atom stereocenters. The molecular weight excluding hydrogens is 571 g/mol. The van der Waals surface area contributed by atoms with E-state index in [0.29, 0.717) is 6.61 Å². The maximum Gasteiger partial charge on any atom is 0.472 e. The molecule has 0 heterocycles. The Kier molecular flexibility index (Phi) is 31.0. The van der Waals surface area contributed by atoms with E-state index in [-0.39, 0.29) is 25.6 Å². The van der Waals surface area contributed by atoms with Crippen LogP contribution in [0.1, 0.15) is 162 Å². The highest BCUT2D eigenvalue weighted by molar-refractivity contribution is 7.47. The third-order valence-corrected chi connectivity index (χ3v) is 8.49. The van der Waals surface area contributed by atoms with Gasteiger partial charge in [0.25, 0.3) is 0 Å². The summed E-state index contributed by atoms with van der Waals surface area (Å²) < 4.78 is 33.1. The lowest BCUT2D eigenvalue weighted by Crippen LogP contribution is -2.29. The van der Waals surface area contributed by atoms with Gasteiger partial charge in [0, 0.05) is 13.0 Å². The number of ether oxygens (including phenoxy) is 2. The Bertz CT molecular complexity index is 650. The zero-order valence-electron chi connectivity index (χ0n) is 27.7. The van der Waals surface area contributed by atoms with Crippen LogP contribution in [0.2, 0.25) is 0 Å². The molecule has 3 atom stereocenters. The molecule has 0 aliphatic heterocycles. The Hall–Kier alpha value is -0.540. The lowest BCUT2D eigenvalue weighted by Gasteiger charge is -2.20. The molecule has 0 saturated heterocycles. The molecule has 0 bridgehead atoms. The minimum atomic E-state index is -4.49. The number of unbranched alkanes of at least 4 members (excludes halogenated alkanes) is 20. The zero-order chi connectivity index (χ0) is 31.9. The van der Waals surface area contributed by atoms with Crippen molar-refractivity contribution in [2.75, 3.05) is 33.0 Å². The second kappa shape index (κ2) is 31.4. The normalized spacial score (nSPS) is 14.4. The van der Waals surface area contributed by atoms with Gasteiger partial charge in [-0.3, -0.25) is 13.8 Å². The second-order valence-corrected chi connectivity index (χ2v) is 13.4. The number of aliphatic hydroxyl groups is 2. The van der Waals surface area contributed by atoms with Crippen LogP contribution in [0.4, 0.5) is 0 Å². The first-order valence-electron chi connectivity index (χ1n) is 17.5. The lowest BCUT2D eigenvalue weighted by atomic mass is 10.1. The summed E-state index contributed by atoms with van der Waals surface area (Å²) in [4.78, 5) is 22.3. The van der Waals surface area contributed by atoms with Gasteiger partial charge in [-0.25, -0.2) is 4.57 Å². The highest BCUT2D eigenvalue weighted by atomic mass is 31.2. The molecule has 0 aliphatic rings. The predicted molar refractivity (Wildman–Crippen MR) is 173 cm³/mol. The Morgan fingerprint density at radius 1 is 0.628 bits per heavy atom. The van der Waals surface area contributed by atoms with Crippen molar-refractivity contribution in [2.24, 2.45) is 0 Å². The molecule has 0 amide bonds. The molecule has 9 nitrogen and oxygen atoms in total. The summed E-state index contributed by atoms with van der Waals surface area (Å²) in [6.07, 6.45) is 24.9. The largest absolute Gasteiger partial charge is 0.472 e. The zero-order valence-corrected chi connectivity index (χ0v) is 28.6. The number of phosphoric acid groups is 1. The molecule has 0 rings (SSSR count). The van der Waals surface area contributed by atoms with Crippen LogP contribution in [0, 0.1) is 0 Å². The second-order valence-electron chi connectivity index (χ2n) is 11.9. The van der Waals surface area contributed by atoms with Crippen LogP contribution >= 0.6 is 7.82 Å². The smallest absolute Gasteiger partial charge is 0.457 e. The van der Waals surface area contributed by atoms with Crippen molar-refractivity contribution >= 4 is 13.8 Å². The van der Waals surface area contributed by atoms with Gasteiger partial charge in [0.2, 0.25) is 0 Å². The Labute approximate surface area is 263 Å². The third-order valence-electron chi connectivity index (χ3n) is 7.54. The molecule has 0 aromatic carbocycles. The van der Waals surface area contributed by atoms with Crippen LogP contribution in [0.25, 0.3) is 0 Å². The van der Waals surface area contributed by atoms with E-state index in [1.807, 2.05) is 0 Å². The predicted octanol–water partition coefficient (Wildman–Crippen LogP) is 8.41. The number of hydrogen-bond acceptors (Lipinski definition) is 8. The van der Waals surface area contributed by atoms with Gasteiger partial charge in [-0.1, -0.05) is 142 Å². The average Bonchev–Trinajstić information content (AvgIpc) is 2.99. The first-order valence-corrected chi connectivity index (χ1v) is 19.0. The maximum atomic E-state index is 12.5. The summed E-state index contributed by atoms with van der Waals surface area (Å²) in [5.41, 5.74) is 0. The summed E-state index contributed by atoms with van der Waals surface area (Å²) in [5, 5.41) is 18.2. The standard InChI is InChI=1S/C33H67O9P/c1-3-5-7-9-11-13-15-16-18-20-22-24-26-39-29-32(30-41-43(37,38)40-28-31(35)27-34)42-33(36)25-23-21-19-17-14-12-10-8-6-4-2/h31-32,34-35H,3-30H2,1-2H3,(H,37,38)/t31-,32+/m0/s1. The van der Waals surface area contributed by atoms with E-state index in [1.54, 1.807) is 0 Å². The van der Waals surface area contributed by atoms with Crippen LogP contribution in [0.15, 0.2) is 0 Å². The van der Waals surface area contributed by atoms with Crippen molar-refractivity contribution in [1.29, 1.82) is 0 Å². The van der Waals surface area contributed by atoms with Gasteiger partial charge in [0.15, 0.2) is 0 Å². The van der Waals surface area contributed by atoms with Crippen LogP contribution in [-0.4, -0.2) is 66.3 Å². The van der Waals surface area contributed by atoms with E-state index in [4.69, 9.17) is 23.6 Å². The molecule has 43 heavy (non-hydrogen) atoms. The molecule has 0 fully saturated rings. The van der Waals surface area contributed by atoms with Gasteiger partial charge in [0.05, 0.1) is 26.4 Å². The number of phosphoric ester groups is 1. The topological polar surface area (TPSA) is 132 Å². The van der Waals surface area contributed by atoms with Crippen LogP contribution in [0.3, 0.4) is 0 Å². The quantitative estimate of drug-likeness (QED) is 0.0361. The fraction of sp³-hybridized carbons (Fsp3) is 0.970. The summed E-state index contributed by atoms with van der Waals surface area (Å²) >= 11 is 0. The van der Waals surface area contributed by atoms with Gasteiger partial charge in [-0.05, 0) is 12.8 Å². The van der Waals surface area contributed by atoms with Gasteiger partial charge >= 0.3 is 13.8 Å². The first-order chi connectivity index (χ1) is 20.8. The number of carbonyl (C=O) groups excluding carboxylic acids is 1. The minimum Gasteiger partial charge on any atom is -0.457 e. The summed E-state index contributed by atoms with van der Waals surface area (Å²) in [5.74, 6) is -0.383. The lowest BCUT2D eigenvalue weighted by molar-refractivity contribution is -0.154. The fourth-order valence-electron chi connectivity index (χ4n) is 4.83. The summed E-state index contributed by atoms with van der Waals surface area (Å²) in [6.45, 7) is 3.51. The molecule has 0 radical (unpaired) electrons. The Morgan fingerprint density at radius 3 is 1.51 bits per heavy atom. The van der Waals surface area contributed by atoms with Crippen molar-refractivity contribution < 1.29 is 43.0 Å². The van der Waals surface area contributed by atoms with Gasteiger partial charge < -0.3 is 24.6 Å². The monoisotopic (exact) mass is 638 g/mol. The van der Waals surface area contributed by atoms with E-state index in [2.05, 4.69) is 13.8 Å². The summed E-state index contributed by atoms with van der Waals surface area (Å²) in [7, 11) is -4.49. The molecule has 0 aliphatic carbocycles. The Morgan fingerprint density at radius 2 is 1.05 bits per heavy atom. The van der Waals surface area contributed by atoms with Crippen molar-refractivity contribution in [3.63, 3.8) is 0 Å². The van der Waals surface area contributed by atoms with Crippen LogP contribution in [-0.2, 0) is 27.9 Å². The van der Waals surface area contributed by atoms with E-state index in [0.717, 1.165) is 32.1 Å². The van der Waals surface area contributed by atoms with E-state index in [9.17, 15) is 19.4 Å². The van der Waals surface area contributed by atoms with Crippen molar-refractivity contribution in [1.82, 2.24) is 0 Å². The SMILES string of the molecule is CCCCCCCCCCCCCCOC[C@H](COP(=O)(O)OC[C@@H](O)CO)OC(=O)CCCCCCCCCCCC. The van der Waals surface area contributed by atoms with Crippen LogP contribution in [0.5, 0.6) is 0 Å². The van der Waals surface area contributed by atoms with Gasteiger partial charge in [-0.15, -0.1) is 0 Å². The maximum absolute atomic E-state index is 12.5. The summed E-state index contributed by atoms with van der Waals surface area (Å²) in [6, 6.07) is 0. The Balaban J connectivity index is 4.24. The highest BCUT2D eigenvalue weighted by Crippen LogP contribution is 2.43. The van der Waals surface area contributed by atoms with E-state index >= 15 is 0 Å². The van der Waals surface area contributed by atoms with Gasteiger partial charge in [-0.2, -0.15) is 0 Å². The minimum absolute atomic E-state index is 0.0566. The number of aliphatic hydroxyl groups excluding tert-OH is 2. The van der Waals surface area contributed by atoms with E-state index < -0.39 is 33.2 Å². The molecule has 10 heteroatoms. The highest BCUT2D eigenvalue weighted by Gasteiger charge is 2.26. The number of esters is 1. The van der Waals surface area contributed by atoms with Crippen LogP contribution < -0.4 is 0 Å². The molecule has 0 saturated carbocycles. The number of hydrogen-bond donors (Lipinski definition) is 3. The first kappa shape index (κ1) is 42.5. The molecule has 0 aromatic heterocycles. The fourth-order valence-corrected chi connectivity index (χ4v) is 5.61. The number of carbonyl (C=O) groups is 1. The van der Waals surface area contributed by atoms with Crippen molar-refractivity contribution in [3.8, 4) is 0 Å². The van der Waals surface area contributed by atoms with Crippen molar-refractivity contribution in [3.05, 3.63) is 0 Å². The number of rotatable bonds is 34. The molecule has 0 aromatic rings. The van der Waals surface area contributed by atoms with Gasteiger partial charge in [0.1, 0.15) is 12.2 Å². The molecule has 3 N–H and O–H groups in total. The molecular formula is C33H67O9P.